The molecule has 2 nitrogen and oxygen atoms in total. The quantitative estimate of drug-likeness (QED) is 0.612. The molecule has 0 unspecified atom stereocenters. The third-order valence-electron chi connectivity index (χ3n) is 2.05. The number of nitrogens with zero attached hydrogens (tertiary/aromatic N) is 1. The Labute approximate surface area is 110 Å². The summed E-state index contributed by atoms with van der Waals surface area (Å²) in [5.41, 5.74) is 0.785. The minimum absolute atomic E-state index is 0.141. The Morgan fingerprint density at radius 1 is 1.44 bits per heavy atom. The van der Waals surface area contributed by atoms with Crippen LogP contribution in [0, 0.1) is 8.83 Å². The fraction of sp³-hybridized carbons (Fsp3) is 0.0909. The van der Waals surface area contributed by atoms with E-state index >= 15 is 0 Å². The highest BCUT2D eigenvalue weighted by atomic mass is 127. The van der Waals surface area contributed by atoms with Crippen LogP contribution in [-0.2, 0) is 0 Å². The SMILES string of the molecule is CC(=O)c1nc(I)sc1-c1ccccc1F. The number of carbonyl (C=O) groups is 1. The molecule has 0 bridgehead atoms. The highest BCUT2D eigenvalue weighted by Gasteiger charge is 2.17. The van der Waals surface area contributed by atoms with Gasteiger partial charge in [0.05, 0.1) is 4.88 Å². The average Bonchev–Trinajstić information content (AvgIpc) is 2.61. The van der Waals surface area contributed by atoms with Gasteiger partial charge in [0.25, 0.3) is 0 Å². The van der Waals surface area contributed by atoms with Crippen LogP contribution in [-0.4, -0.2) is 10.8 Å². The van der Waals surface area contributed by atoms with Crippen molar-refractivity contribution >= 4 is 39.7 Å². The second-order valence-corrected chi connectivity index (χ2v) is 5.93. The van der Waals surface area contributed by atoms with Gasteiger partial charge in [-0.3, -0.25) is 4.79 Å². The fourth-order valence-electron chi connectivity index (χ4n) is 1.36. The molecule has 0 atom stereocenters. The summed E-state index contributed by atoms with van der Waals surface area (Å²) in [5.74, 6) is -0.470. The van der Waals surface area contributed by atoms with Gasteiger partial charge in [0, 0.05) is 12.5 Å². The van der Waals surface area contributed by atoms with Crippen molar-refractivity contribution < 1.29 is 9.18 Å². The van der Waals surface area contributed by atoms with Gasteiger partial charge >= 0.3 is 0 Å². The highest BCUT2D eigenvalue weighted by Crippen LogP contribution is 2.32. The molecule has 82 valence electrons. The van der Waals surface area contributed by atoms with Gasteiger partial charge in [-0.1, -0.05) is 18.2 Å². The Bertz CT molecular complexity index is 553. The topological polar surface area (TPSA) is 30.0 Å². The molecule has 5 heteroatoms. The van der Waals surface area contributed by atoms with Crippen LogP contribution in [0.2, 0.25) is 0 Å². The van der Waals surface area contributed by atoms with Crippen molar-refractivity contribution in [3.05, 3.63) is 38.8 Å². The predicted octanol–water partition coefficient (Wildman–Crippen LogP) is 3.76. The lowest BCUT2D eigenvalue weighted by atomic mass is 10.1. The summed E-state index contributed by atoms with van der Waals surface area (Å²) in [6.07, 6.45) is 0. The van der Waals surface area contributed by atoms with Crippen LogP contribution in [0.1, 0.15) is 17.4 Å². The van der Waals surface area contributed by atoms with Crippen LogP contribution in [0.15, 0.2) is 24.3 Å². The van der Waals surface area contributed by atoms with Gasteiger partial charge in [0.15, 0.2) is 8.80 Å². The maximum Gasteiger partial charge on any atom is 0.179 e. The predicted molar refractivity (Wildman–Crippen MR) is 70.2 cm³/mol. The number of hydrogen-bond acceptors (Lipinski definition) is 3. The van der Waals surface area contributed by atoms with E-state index in [1.807, 2.05) is 22.6 Å². The number of rotatable bonds is 2. The summed E-state index contributed by atoms with van der Waals surface area (Å²) in [6, 6.07) is 6.41. The second kappa shape index (κ2) is 4.58. The van der Waals surface area contributed by atoms with Crippen LogP contribution in [0.5, 0.6) is 0 Å². The van der Waals surface area contributed by atoms with Crippen molar-refractivity contribution in [2.45, 2.75) is 6.92 Å². The first-order valence-corrected chi connectivity index (χ1v) is 6.41. The standard InChI is InChI=1S/C11H7FINOS/c1-6(15)9-10(16-11(13)14-9)7-4-2-3-5-8(7)12/h2-5H,1H3. The molecule has 0 saturated carbocycles. The number of carbonyl (C=O) groups excluding carboxylic acids is 1. The number of halogens is 2. The zero-order valence-corrected chi connectivity index (χ0v) is 11.3. The van der Waals surface area contributed by atoms with Crippen molar-refractivity contribution in [2.24, 2.45) is 0 Å². The first-order chi connectivity index (χ1) is 7.59. The Kier molecular flexibility index (Phi) is 3.34. The Balaban J connectivity index is 2.64. The molecule has 2 aromatic rings. The van der Waals surface area contributed by atoms with E-state index in [9.17, 15) is 9.18 Å². The first-order valence-electron chi connectivity index (χ1n) is 4.51. The zero-order valence-electron chi connectivity index (χ0n) is 8.33. The van der Waals surface area contributed by atoms with Crippen LogP contribution in [0.25, 0.3) is 10.4 Å². The summed E-state index contributed by atoms with van der Waals surface area (Å²) >= 11 is 3.36. The van der Waals surface area contributed by atoms with Crippen molar-refractivity contribution in [1.29, 1.82) is 0 Å². The van der Waals surface area contributed by atoms with Gasteiger partial charge < -0.3 is 0 Å². The van der Waals surface area contributed by atoms with E-state index in [4.69, 9.17) is 0 Å². The number of benzene rings is 1. The van der Waals surface area contributed by atoms with Crippen molar-refractivity contribution in [3.8, 4) is 10.4 Å². The summed E-state index contributed by atoms with van der Waals surface area (Å²) in [5, 5.41) is 0. The molecular weight excluding hydrogens is 340 g/mol. The van der Waals surface area contributed by atoms with E-state index in [2.05, 4.69) is 4.98 Å². The van der Waals surface area contributed by atoms with E-state index < -0.39 is 0 Å². The van der Waals surface area contributed by atoms with Gasteiger partial charge in [0.2, 0.25) is 0 Å². The molecule has 0 spiro atoms. The van der Waals surface area contributed by atoms with Crippen molar-refractivity contribution in [3.63, 3.8) is 0 Å². The number of ketones is 1. The molecule has 0 N–H and O–H groups in total. The smallest absolute Gasteiger partial charge is 0.179 e. The summed E-state index contributed by atoms with van der Waals surface area (Å²) < 4.78 is 14.3. The normalized spacial score (nSPS) is 10.4. The maximum absolute atomic E-state index is 13.6. The minimum Gasteiger partial charge on any atom is -0.293 e. The minimum atomic E-state index is -0.329. The summed E-state index contributed by atoms with van der Waals surface area (Å²) in [6.45, 7) is 1.44. The summed E-state index contributed by atoms with van der Waals surface area (Å²) in [7, 11) is 0. The Morgan fingerprint density at radius 2 is 2.12 bits per heavy atom. The van der Waals surface area contributed by atoms with E-state index in [0.717, 1.165) is 3.01 Å². The lowest BCUT2D eigenvalue weighted by Gasteiger charge is -2.00. The Morgan fingerprint density at radius 3 is 2.75 bits per heavy atom. The zero-order chi connectivity index (χ0) is 11.7. The van der Waals surface area contributed by atoms with Gasteiger partial charge in [0.1, 0.15) is 11.5 Å². The van der Waals surface area contributed by atoms with E-state index in [1.54, 1.807) is 18.2 Å². The number of aromatic nitrogens is 1. The number of Topliss-reactive ketones (excluding diaryl/α,β-unsaturated/α-hetero) is 1. The molecule has 0 fully saturated rings. The fourth-order valence-corrected chi connectivity index (χ4v) is 3.13. The average molecular weight is 347 g/mol. The van der Waals surface area contributed by atoms with Gasteiger partial charge in [-0.25, -0.2) is 9.37 Å². The van der Waals surface area contributed by atoms with Gasteiger partial charge in [-0.05, 0) is 28.7 Å². The van der Waals surface area contributed by atoms with Crippen LogP contribution >= 0.6 is 33.9 Å². The number of hydrogen-bond donors (Lipinski definition) is 0. The van der Waals surface area contributed by atoms with Crippen LogP contribution in [0.3, 0.4) is 0 Å². The largest absolute Gasteiger partial charge is 0.293 e. The molecule has 16 heavy (non-hydrogen) atoms. The molecule has 1 heterocycles. The monoisotopic (exact) mass is 347 g/mol. The first kappa shape index (κ1) is 11.7. The summed E-state index contributed by atoms with van der Waals surface area (Å²) in [4.78, 5) is 16.1. The lowest BCUT2D eigenvalue weighted by Crippen LogP contribution is -1.95. The molecule has 0 aliphatic heterocycles. The molecular formula is C11H7FINOS. The third kappa shape index (κ3) is 2.15. The molecule has 0 aliphatic carbocycles. The third-order valence-corrected chi connectivity index (χ3v) is 3.83. The van der Waals surface area contributed by atoms with Crippen molar-refractivity contribution in [1.82, 2.24) is 4.98 Å². The molecule has 1 aromatic carbocycles. The highest BCUT2D eigenvalue weighted by molar-refractivity contribution is 14.1. The van der Waals surface area contributed by atoms with E-state index in [1.165, 1.54) is 24.3 Å². The van der Waals surface area contributed by atoms with Crippen LogP contribution in [0.4, 0.5) is 4.39 Å². The molecule has 0 radical (unpaired) electrons. The molecule has 0 aliphatic rings. The van der Waals surface area contributed by atoms with Gasteiger partial charge in [-0.15, -0.1) is 11.3 Å². The maximum atomic E-state index is 13.6. The lowest BCUT2D eigenvalue weighted by molar-refractivity contribution is 0.101. The molecule has 1 aromatic heterocycles. The van der Waals surface area contributed by atoms with Crippen molar-refractivity contribution in [2.75, 3.05) is 0 Å². The second-order valence-electron chi connectivity index (χ2n) is 3.18. The molecule has 2 rings (SSSR count). The molecule has 0 amide bonds. The van der Waals surface area contributed by atoms with Crippen LogP contribution < -0.4 is 0 Å². The van der Waals surface area contributed by atoms with Gasteiger partial charge in [-0.2, -0.15) is 0 Å². The Hall–Kier alpha value is -0.820. The molecule has 0 saturated heterocycles. The van der Waals surface area contributed by atoms with E-state index in [0.29, 0.717) is 16.1 Å². The number of thiazole rings is 1. The van der Waals surface area contributed by atoms with E-state index in [-0.39, 0.29) is 11.6 Å².